The van der Waals surface area contributed by atoms with Gasteiger partial charge in [-0.1, -0.05) is 36.8 Å². The third-order valence-corrected chi connectivity index (χ3v) is 4.10. The lowest BCUT2D eigenvalue weighted by molar-refractivity contribution is 0.145. The molecule has 0 heterocycles. The lowest BCUT2D eigenvalue weighted by Gasteiger charge is -2.41. The van der Waals surface area contributed by atoms with Crippen molar-refractivity contribution in [3.63, 3.8) is 0 Å². The van der Waals surface area contributed by atoms with Gasteiger partial charge in [-0.3, -0.25) is 4.99 Å². The van der Waals surface area contributed by atoms with Crippen LogP contribution in [0.1, 0.15) is 38.7 Å². The van der Waals surface area contributed by atoms with Crippen LogP contribution in [-0.2, 0) is 6.42 Å². The van der Waals surface area contributed by atoms with Crippen LogP contribution < -0.4 is 10.6 Å². The van der Waals surface area contributed by atoms with Gasteiger partial charge in [0.1, 0.15) is 0 Å². The Hall–Kier alpha value is -1.51. The lowest BCUT2D eigenvalue weighted by Crippen LogP contribution is -2.40. The van der Waals surface area contributed by atoms with Gasteiger partial charge in [0, 0.05) is 19.6 Å². The van der Waals surface area contributed by atoms with Crippen LogP contribution in [-0.4, -0.2) is 25.6 Å². The van der Waals surface area contributed by atoms with Crippen LogP contribution in [0.3, 0.4) is 0 Å². The minimum absolute atomic E-state index is 0.386. The molecule has 1 aliphatic rings. The molecule has 1 fully saturated rings. The summed E-state index contributed by atoms with van der Waals surface area (Å²) in [5, 5.41) is 6.61. The van der Waals surface area contributed by atoms with Crippen LogP contribution in [0.4, 0.5) is 0 Å². The summed E-state index contributed by atoms with van der Waals surface area (Å²) < 4.78 is 0. The van der Waals surface area contributed by atoms with Gasteiger partial charge in [-0.05, 0) is 44.1 Å². The first-order chi connectivity index (χ1) is 9.78. The molecule has 0 aromatic heterocycles. The summed E-state index contributed by atoms with van der Waals surface area (Å²) in [7, 11) is 0. The van der Waals surface area contributed by atoms with E-state index in [1.165, 1.54) is 24.8 Å². The maximum atomic E-state index is 4.79. The number of hydrogen-bond acceptors (Lipinski definition) is 1. The third kappa shape index (κ3) is 3.99. The molecule has 3 heteroatoms. The third-order valence-electron chi connectivity index (χ3n) is 4.10. The highest BCUT2D eigenvalue weighted by Crippen LogP contribution is 2.43. The molecule has 1 aliphatic carbocycles. The van der Waals surface area contributed by atoms with Gasteiger partial charge in [-0.15, -0.1) is 0 Å². The van der Waals surface area contributed by atoms with E-state index >= 15 is 0 Å². The van der Waals surface area contributed by atoms with Crippen LogP contribution in [0.15, 0.2) is 35.3 Å². The fourth-order valence-electron chi connectivity index (χ4n) is 2.85. The molecule has 0 spiro atoms. The number of nitrogens with one attached hydrogen (secondary N) is 2. The second-order valence-electron chi connectivity index (χ2n) is 5.74. The van der Waals surface area contributed by atoms with E-state index in [9.17, 15) is 0 Å². The second kappa shape index (κ2) is 7.32. The van der Waals surface area contributed by atoms with Crippen LogP contribution >= 0.6 is 0 Å². The van der Waals surface area contributed by atoms with Crippen molar-refractivity contribution in [1.29, 1.82) is 0 Å². The molecular weight excluding hydrogens is 246 g/mol. The maximum absolute atomic E-state index is 4.79. The summed E-state index contributed by atoms with van der Waals surface area (Å²) in [4.78, 5) is 4.79. The largest absolute Gasteiger partial charge is 0.357 e. The van der Waals surface area contributed by atoms with E-state index < -0.39 is 0 Å². The average Bonchev–Trinajstić information content (AvgIpc) is 2.43. The van der Waals surface area contributed by atoms with Gasteiger partial charge >= 0.3 is 0 Å². The molecule has 1 aromatic carbocycles. The Morgan fingerprint density at radius 3 is 2.25 bits per heavy atom. The number of aliphatic imine (C=N–C) groups is 1. The Bertz CT molecular complexity index is 413. The molecule has 2 rings (SSSR count). The van der Waals surface area contributed by atoms with Crippen molar-refractivity contribution < 1.29 is 0 Å². The quantitative estimate of drug-likeness (QED) is 0.617. The molecule has 0 unspecified atom stereocenters. The fourth-order valence-corrected chi connectivity index (χ4v) is 2.85. The van der Waals surface area contributed by atoms with Gasteiger partial charge in [-0.2, -0.15) is 0 Å². The molecule has 0 aliphatic heterocycles. The van der Waals surface area contributed by atoms with Gasteiger partial charge in [0.25, 0.3) is 0 Å². The molecule has 0 amide bonds. The van der Waals surface area contributed by atoms with Crippen molar-refractivity contribution in [2.24, 2.45) is 10.4 Å². The van der Waals surface area contributed by atoms with Crippen molar-refractivity contribution in [3.8, 4) is 0 Å². The zero-order valence-corrected chi connectivity index (χ0v) is 12.8. The Morgan fingerprint density at radius 2 is 1.75 bits per heavy atom. The van der Waals surface area contributed by atoms with E-state index in [-0.39, 0.29) is 0 Å². The maximum Gasteiger partial charge on any atom is 0.191 e. The molecule has 1 saturated carbocycles. The standard InChI is InChI=1S/C17H27N3/c1-3-18-16(19-4-2)20-14-17(11-8-12-17)13-15-9-6-5-7-10-15/h5-7,9-10H,3-4,8,11-14H2,1-2H3,(H2,18,19,20). The Balaban J connectivity index is 1.98. The van der Waals surface area contributed by atoms with E-state index in [4.69, 9.17) is 4.99 Å². The molecule has 2 N–H and O–H groups in total. The second-order valence-corrected chi connectivity index (χ2v) is 5.74. The zero-order chi connectivity index (χ0) is 14.3. The van der Waals surface area contributed by atoms with Crippen LogP contribution in [0.2, 0.25) is 0 Å². The molecule has 0 radical (unpaired) electrons. The summed E-state index contributed by atoms with van der Waals surface area (Å²) in [6, 6.07) is 10.8. The average molecular weight is 273 g/mol. The SMILES string of the molecule is CCNC(=NCC1(Cc2ccccc2)CCC1)NCC. The van der Waals surface area contributed by atoms with Gasteiger partial charge in [0.2, 0.25) is 0 Å². The highest BCUT2D eigenvalue weighted by Gasteiger charge is 2.36. The van der Waals surface area contributed by atoms with Crippen molar-refractivity contribution >= 4 is 5.96 Å². The topological polar surface area (TPSA) is 36.4 Å². The summed E-state index contributed by atoms with van der Waals surface area (Å²) >= 11 is 0. The first-order valence-electron chi connectivity index (χ1n) is 7.84. The Kier molecular flexibility index (Phi) is 5.45. The molecular formula is C17H27N3. The van der Waals surface area contributed by atoms with Crippen LogP contribution in [0.25, 0.3) is 0 Å². The lowest BCUT2D eigenvalue weighted by atomic mass is 9.65. The first-order valence-corrected chi connectivity index (χ1v) is 7.84. The van der Waals surface area contributed by atoms with Gasteiger partial charge < -0.3 is 10.6 Å². The fraction of sp³-hybridized carbons (Fsp3) is 0.588. The highest BCUT2D eigenvalue weighted by molar-refractivity contribution is 5.79. The van der Waals surface area contributed by atoms with Crippen molar-refractivity contribution in [2.45, 2.75) is 39.5 Å². The van der Waals surface area contributed by atoms with Crippen LogP contribution in [0.5, 0.6) is 0 Å². The summed E-state index contributed by atoms with van der Waals surface area (Å²) in [5.74, 6) is 0.953. The smallest absolute Gasteiger partial charge is 0.191 e. The predicted octanol–water partition coefficient (Wildman–Crippen LogP) is 2.97. The van der Waals surface area contributed by atoms with Crippen molar-refractivity contribution in [1.82, 2.24) is 10.6 Å². The summed E-state index contributed by atoms with van der Waals surface area (Å²) in [6.07, 6.45) is 5.11. The van der Waals surface area contributed by atoms with Gasteiger partial charge in [0.15, 0.2) is 5.96 Å². The van der Waals surface area contributed by atoms with Crippen molar-refractivity contribution in [2.75, 3.05) is 19.6 Å². The van der Waals surface area contributed by atoms with E-state index in [1.54, 1.807) is 0 Å². The number of nitrogens with zero attached hydrogens (tertiary/aromatic N) is 1. The molecule has 0 bridgehead atoms. The van der Waals surface area contributed by atoms with Gasteiger partial charge in [-0.25, -0.2) is 0 Å². The van der Waals surface area contributed by atoms with E-state index in [0.29, 0.717) is 5.41 Å². The summed E-state index contributed by atoms with van der Waals surface area (Å²) in [6.45, 7) is 6.97. The Morgan fingerprint density at radius 1 is 1.10 bits per heavy atom. The number of rotatable bonds is 6. The van der Waals surface area contributed by atoms with Crippen LogP contribution in [0, 0.1) is 5.41 Å². The number of hydrogen-bond donors (Lipinski definition) is 2. The first kappa shape index (κ1) is 14.9. The minimum atomic E-state index is 0.386. The van der Waals surface area contributed by atoms with E-state index in [1.807, 2.05) is 0 Å². The molecule has 3 nitrogen and oxygen atoms in total. The van der Waals surface area contributed by atoms with E-state index in [0.717, 1.165) is 32.0 Å². The molecule has 0 saturated heterocycles. The normalized spacial score (nSPS) is 16.1. The Labute approximate surface area is 122 Å². The highest BCUT2D eigenvalue weighted by atomic mass is 15.2. The minimum Gasteiger partial charge on any atom is -0.357 e. The predicted molar refractivity (Wildman–Crippen MR) is 86.1 cm³/mol. The molecule has 0 atom stereocenters. The van der Waals surface area contributed by atoms with Crippen molar-refractivity contribution in [3.05, 3.63) is 35.9 Å². The molecule has 110 valence electrons. The monoisotopic (exact) mass is 273 g/mol. The number of guanidine groups is 1. The van der Waals surface area contributed by atoms with Gasteiger partial charge in [0.05, 0.1) is 0 Å². The summed E-state index contributed by atoms with van der Waals surface area (Å²) in [5.41, 5.74) is 1.83. The molecule has 1 aromatic rings. The van der Waals surface area contributed by atoms with E-state index in [2.05, 4.69) is 54.8 Å². The number of benzene rings is 1. The molecule has 20 heavy (non-hydrogen) atoms. The zero-order valence-electron chi connectivity index (χ0n) is 12.8.